The second kappa shape index (κ2) is 7.56. The number of para-hydroxylation sites is 1. The summed E-state index contributed by atoms with van der Waals surface area (Å²) in [5, 5.41) is 0.985. The first-order valence-electron chi connectivity index (χ1n) is 8.92. The fraction of sp³-hybridized carbons (Fsp3) is 0.273. The molecule has 4 nitrogen and oxygen atoms in total. The van der Waals surface area contributed by atoms with Gasteiger partial charge in [0.05, 0.1) is 12.1 Å². The van der Waals surface area contributed by atoms with Crippen LogP contribution < -0.4 is 5.56 Å². The first-order chi connectivity index (χ1) is 12.5. The van der Waals surface area contributed by atoms with Crippen LogP contribution in [0.4, 0.5) is 0 Å². The van der Waals surface area contributed by atoms with Gasteiger partial charge in [-0.15, -0.1) is 0 Å². The molecule has 0 aliphatic rings. The highest BCUT2D eigenvalue weighted by atomic mass is 16.2. The Hall–Kier alpha value is -2.88. The van der Waals surface area contributed by atoms with Gasteiger partial charge in [0, 0.05) is 18.5 Å². The van der Waals surface area contributed by atoms with E-state index in [1.54, 1.807) is 4.90 Å². The Balaban J connectivity index is 1.92. The third kappa shape index (κ3) is 3.85. The van der Waals surface area contributed by atoms with E-state index in [-0.39, 0.29) is 11.5 Å². The van der Waals surface area contributed by atoms with Crippen LogP contribution in [0, 0.1) is 13.8 Å². The number of amides is 1. The van der Waals surface area contributed by atoms with Crippen molar-refractivity contribution in [2.75, 3.05) is 0 Å². The first-order valence-corrected chi connectivity index (χ1v) is 8.92. The maximum absolute atomic E-state index is 12.5. The van der Waals surface area contributed by atoms with Crippen molar-refractivity contribution >= 4 is 16.8 Å². The Morgan fingerprint density at radius 2 is 1.77 bits per heavy atom. The van der Waals surface area contributed by atoms with Crippen LogP contribution in [0.5, 0.6) is 0 Å². The van der Waals surface area contributed by atoms with Crippen molar-refractivity contribution in [2.24, 2.45) is 0 Å². The Morgan fingerprint density at radius 1 is 1.04 bits per heavy atom. The van der Waals surface area contributed by atoms with Crippen molar-refractivity contribution in [3.8, 4) is 0 Å². The predicted molar refractivity (Wildman–Crippen MR) is 105 cm³/mol. The van der Waals surface area contributed by atoms with E-state index in [0.29, 0.717) is 25.1 Å². The van der Waals surface area contributed by atoms with Crippen molar-refractivity contribution < 1.29 is 4.79 Å². The zero-order valence-electron chi connectivity index (χ0n) is 15.5. The molecule has 0 saturated heterocycles. The number of nitrogens with one attached hydrogen (secondary N) is 1. The number of benzene rings is 2. The maximum Gasteiger partial charge on any atom is 0.253 e. The van der Waals surface area contributed by atoms with Crippen molar-refractivity contribution in [3.05, 3.63) is 81.1 Å². The number of pyridine rings is 1. The Morgan fingerprint density at radius 3 is 2.46 bits per heavy atom. The van der Waals surface area contributed by atoms with E-state index in [1.807, 2.05) is 69.3 Å². The van der Waals surface area contributed by atoms with Crippen LogP contribution in [0.15, 0.2) is 53.3 Å². The smallest absolute Gasteiger partial charge is 0.253 e. The third-order valence-electron chi connectivity index (χ3n) is 4.68. The minimum atomic E-state index is -0.135. The van der Waals surface area contributed by atoms with E-state index in [1.165, 1.54) is 5.56 Å². The number of carbonyl (C=O) groups excluding carboxylic acids is 1. The van der Waals surface area contributed by atoms with Gasteiger partial charge in [-0.25, -0.2) is 0 Å². The summed E-state index contributed by atoms with van der Waals surface area (Å²) in [6, 6.07) is 16.0. The molecule has 2 aromatic carbocycles. The molecular formula is C22H24N2O2. The molecule has 1 N–H and O–H groups in total. The quantitative estimate of drug-likeness (QED) is 0.755. The van der Waals surface area contributed by atoms with Crippen LogP contribution in [0.1, 0.15) is 35.6 Å². The number of carbonyl (C=O) groups is 1. The lowest BCUT2D eigenvalue weighted by atomic mass is 10.1. The van der Waals surface area contributed by atoms with Crippen LogP contribution in [-0.4, -0.2) is 15.8 Å². The predicted octanol–water partition coefficient (Wildman–Crippen LogP) is 4.08. The molecule has 0 saturated carbocycles. The van der Waals surface area contributed by atoms with Gasteiger partial charge in [0.1, 0.15) is 0 Å². The minimum absolute atomic E-state index is 0.0364. The maximum atomic E-state index is 12.5. The van der Waals surface area contributed by atoms with Gasteiger partial charge in [-0.1, -0.05) is 55.0 Å². The summed E-state index contributed by atoms with van der Waals surface area (Å²) in [4.78, 5) is 29.7. The minimum Gasteiger partial charge on any atom is -0.334 e. The molecule has 134 valence electrons. The molecular weight excluding hydrogens is 324 g/mol. The van der Waals surface area contributed by atoms with Gasteiger partial charge in [0.25, 0.3) is 5.56 Å². The van der Waals surface area contributed by atoms with Crippen LogP contribution >= 0.6 is 0 Å². The number of nitrogens with zero attached hydrogens (tertiary/aromatic N) is 1. The fourth-order valence-electron chi connectivity index (χ4n) is 3.12. The SMILES string of the molecule is CCC(=O)N(Cc1ccc(C)cc1)Cc1cc2cccc(C)c2[nH]c1=O. The van der Waals surface area contributed by atoms with E-state index in [2.05, 4.69) is 4.98 Å². The molecule has 1 aromatic heterocycles. The molecule has 26 heavy (non-hydrogen) atoms. The summed E-state index contributed by atoms with van der Waals surface area (Å²) in [6.07, 6.45) is 0.413. The molecule has 0 fully saturated rings. The number of rotatable bonds is 5. The van der Waals surface area contributed by atoms with Gasteiger partial charge in [0.2, 0.25) is 5.91 Å². The molecule has 3 rings (SSSR count). The lowest BCUT2D eigenvalue weighted by Gasteiger charge is -2.22. The molecule has 0 spiro atoms. The van der Waals surface area contributed by atoms with Crippen LogP contribution in [0.3, 0.4) is 0 Å². The van der Waals surface area contributed by atoms with Crippen LogP contribution in [0.25, 0.3) is 10.9 Å². The second-order valence-electron chi connectivity index (χ2n) is 6.75. The van der Waals surface area contributed by atoms with E-state index < -0.39 is 0 Å². The molecule has 0 aliphatic heterocycles. The molecule has 1 heterocycles. The molecule has 0 radical (unpaired) electrons. The first kappa shape index (κ1) is 17.9. The number of H-pyrrole nitrogens is 1. The Labute approximate surface area is 153 Å². The molecule has 0 atom stereocenters. The number of aryl methyl sites for hydroxylation is 2. The molecule has 0 bridgehead atoms. The van der Waals surface area contributed by atoms with Crippen molar-refractivity contribution in [1.29, 1.82) is 0 Å². The summed E-state index contributed by atoms with van der Waals surface area (Å²) >= 11 is 0. The molecule has 0 aliphatic carbocycles. The number of fused-ring (bicyclic) bond motifs is 1. The Kier molecular flexibility index (Phi) is 5.21. The van der Waals surface area contributed by atoms with Gasteiger partial charge in [-0.2, -0.15) is 0 Å². The molecule has 1 amide bonds. The summed E-state index contributed by atoms with van der Waals surface area (Å²) in [7, 11) is 0. The monoisotopic (exact) mass is 348 g/mol. The average molecular weight is 348 g/mol. The van der Waals surface area contributed by atoms with Gasteiger partial charge >= 0.3 is 0 Å². The molecule has 3 aromatic rings. The number of hydrogen-bond donors (Lipinski definition) is 1. The number of hydrogen-bond acceptors (Lipinski definition) is 2. The fourth-order valence-corrected chi connectivity index (χ4v) is 3.12. The van der Waals surface area contributed by atoms with Gasteiger partial charge in [-0.05, 0) is 36.4 Å². The normalized spacial score (nSPS) is 10.9. The molecule has 4 heteroatoms. The second-order valence-corrected chi connectivity index (χ2v) is 6.75. The topological polar surface area (TPSA) is 53.2 Å². The summed E-state index contributed by atoms with van der Waals surface area (Å²) in [5.74, 6) is 0.0364. The highest BCUT2D eigenvalue weighted by Gasteiger charge is 2.15. The van der Waals surface area contributed by atoms with E-state index in [0.717, 1.165) is 22.0 Å². The number of aromatic amines is 1. The summed E-state index contributed by atoms with van der Waals surface area (Å²) in [5.41, 5.74) is 4.61. The van der Waals surface area contributed by atoms with E-state index >= 15 is 0 Å². The average Bonchev–Trinajstić information content (AvgIpc) is 2.63. The third-order valence-corrected chi connectivity index (χ3v) is 4.68. The standard InChI is InChI=1S/C22H24N2O2/c1-4-20(25)24(13-17-10-8-15(2)9-11-17)14-19-12-18-7-5-6-16(3)21(18)23-22(19)26/h5-12H,4,13-14H2,1-3H3,(H,23,26). The van der Waals surface area contributed by atoms with Gasteiger partial charge in [0.15, 0.2) is 0 Å². The highest BCUT2D eigenvalue weighted by Crippen LogP contribution is 2.17. The van der Waals surface area contributed by atoms with Crippen LogP contribution in [0.2, 0.25) is 0 Å². The number of aromatic nitrogens is 1. The van der Waals surface area contributed by atoms with Crippen molar-refractivity contribution in [2.45, 2.75) is 40.3 Å². The molecule has 0 unspecified atom stereocenters. The van der Waals surface area contributed by atoms with E-state index in [4.69, 9.17) is 0 Å². The highest BCUT2D eigenvalue weighted by molar-refractivity contribution is 5.82. The zero-order chi connectivity index (χ0) is 18.7. The van der Waals surface area contributed by atoms with Gasteiger partial charge < -0.3 is 9.88 Å². The summed E-state index contributed by atoms with van der Waals surface area (Å²) < 4.78 is 0. The van der Waals surface area contributed by atoms with Gasteiger partial charge in [-0.3, -0.25) is 9.59 Å². The summed E-state index contributed by atoms with van der Waals surface area (Å²) in [6.45, 7) is 6.66. The zero-order valence-corrected chi connectivity index (χ0v) is 15.5. The lowest BCUT2D eigenvalue weighted by Crippen LogP contribution is -2.32. The van der Waals surface area contributed by atoms with Crippen LogP contribution in [-0.2, 0) is 17.9 Å². The van der Waals surface area contributed by atoms with Crippen molar-refractivity contribution in [1.82, 2.24) is 9.88 Å². The van der Waals surface area contributed by atoms with Crippen molar-refractivity contribution in [3.63, 3.8) is 0 Å². The Bertz CT molecular complexity index is 987. The largest absolute Gasteiger partial charge is 0.334 e. The van der Waals surface area contributed by atoms with E-state index in [9.17, 15) is 9.59 Å². The lowest BCUT2D eigenvalue weighted by molar-refractivity contribution is -0.132.